The first-order valence-corrected chi connectivity index (χ1v) is 8.79. The number of hydrogen-bond acceptors (Lipinski definition) is 3. The number of ether oxygens (including phenoxy) is 1. The SMILES string of the molecule is CCC(C)Oc1cc(C)ccc1CNC(=O)[C@@H]1CCC[C@@H]1CN.Cl. The van der Waals surface area contributed by atoms with Crippen LogP contribution in [0.4, 0.5) is 0 Å². The summed E-state index contributed by atoms with van der Waals surface area (Å²) >= 11 is 0. The number of benzene rings is 1. The Morgan fingerprint density at radius 1 is 1.42 bits per heavy atom. The highest BCUT2D eigenvalue weighted by Crippen LogP contribution is 2.31. The van der Waals surface area contributed by atoms with Gasteiger partial charge in [0.15, 0.2) is 0 Å². The fraction of sp³-hybridized carbons (Fsp3) is 0.632. The molecule has 0 heterocycles. The molecular formula is C19H31ClN2O2. The third-order valence-electron chi connectivity index (χ3n) is 4.88. The van der Waals surface area contributed by atoms with Gasteiger partial charge in [-0.3, -0.25) is 4.79 Å². The Bertz CT molecular complexity index is 536. The summed E-state index contributed by atoms with van der Waals surface area (Å²) in [5.74, 6) is 1.42. The Labute approximate surface area is 151 Å². The van der Waals surface area contributed by atoms with Crippen LogP contribution in [0.25, 0.3) is 0 Å². The van der Waals surface area contributed by atoms with Gasteiger partial charge in [-0.15, -0.1) is 12.4 Å². The van der Waals surface area contributed by atoms with Crippen molar-refractivity contribution in [3.8, 4) is 5.75 Å². The predicted molar refractivity (Wildman–Crippen MR) is 101 cm³/mol. The number of halogens is 1. The summed E-state index contributed by atoms with van der Waals surface area (Å²) in [7, 11) is 0. The van der Waals surface area contributed by atoms with Crippen LogP contribution in [0.3, 0.4) is 0 Å². The first-order valence-electron chi connectivity index (χ1n) is 8.79. The molecule has 0 radical (unpaired) electrons. The molecule has 0 spiro atoms. The number of amides is 1. The highest BCUT2D eigenvalue weighted by Gasteiger charge is 2.31. The maximum absolute atomic E-state index is 12.4. The lowest BCUT2D eigenvalue weighted by atomic mass is 9.95. The van der Waals surface area contributed by atoms with Gasteiger partial charge in [0.2, 0.25) is 5.91 Å². The minimum absolute atomic E-state index is 0. The van der Waals surface area contributed by atoms with E-state index < -0.39 is 0 Å². The monoisotopic (exact) mass is 354 g/mol. The fourth-order valence-corrected chi connectivity index (χ4v) is 3.20. The molecule has 0 aromatic heterocycles. The largest absolute Gasteiger partial charge is 0.490 e. The summed E-state index contributed by atoms with van der Waals surface area (Å²) in [5.41, 5.74) is 7.98. The topological polar surface area (TPSA) is 64.3 Å². The molecule has 4 nitrogen and oxygen atoms in total. The van der Waals surface area contributed by atoms with Gasteiger partial charge in [0.05, 0.1) is 6.10 Å². The maximum Gasteiger partial charge on any atom is 0.223 e. The third kappa shape index (κ3) is 5.38. The second-order valence-corrected chi connectivity index (χ2v) is 6.70. The molecule has 0 aliphatic heterocycles. The normalized spacial score (nSPS) is 21.0. The van der Waals surface area contributed by atoms with Gasteiger partial charge in [0.1, 0.15) is 5.75 Å². The van der Waals surface area contributed by atoms with E-state index in [2.05, 4.69) is 32.2 Å². The molecule has 2 rings (SSSR count). The summed E-state index contributed by atoms with van der Waals surface area (Å²) in [6.07, 6.45) is 4.26. The van der Waals surface area contributed by atoms with Gasteiger partial charge in [0.25, 0.3) is 0 Å². The fourth-order valence-electron chi connectivity index (χ4n) is 3.20. The molecule has 136 valence electrons. The number of nitrogens with two attached hydrogens (primary N) is 1. The molecule has 0 saturated heterocycles. The van der Waals surface area contributed by atoms with Crippen molar-refractivity contribution >= 4 is 18.3 Å². The molecule has 1 aromatic rings. The zero-order valence-corrected chi connectivity index (χ0v) is 15.8. The zero-order valence-electron chi connectivity index (χ0n) is 15.0. The van der Waals surface area contributed by atoms with Crippen LogP contribution in [0.15, 0.2) is 18.2 Å². The van der Waals surface area contributed by atoms with E-state index in [1.54, 1.807) is 0 Å². The van der Waals surface area contributed by atoms with Crippen LogP contribution in [-0.4, -0.2) is 18.6 Å². The Kier molecular flexibility index (Phi) is 8.57. The number of nitrogens with one attached hydrogen (secondary N) is 1. The molecule has 3 atom stereocenters. The minimum atomic E-state index is 0. The summed E-state index contributed by atoms with van der Waals surface area (Å²) in [6, 6.07) is 6.15. The van der Waals surface area contributed by atoms with Crippen molar-refractivity contribution in [2.24, 2.45) is 17.6 Å². The number of aryl methyl sites for hydroxylation is 1. The lowest BCUT2D eigenvalue weighted by Crippen LogP contribution is -2.34. The van der Waals surface area contributed by atoms with E-state index in [1.807, 2.05) is 12.1 Å². The number of carbonyl (C=O) groups excluding carboxylic acids is 1. The van der Waals surface area contributed by atoms with Crippen molar-refractivity contribution in [2.75, 3.05) is 6.54 Å². The van der Waals surface area contributed by atoms with Crippen LogP contribution >= 0.6 is 12.4 Å². The zero-order chi connectivity index (χ0) is 16.8. The Morgan fingerprint density at radius 3 is 2.83 bits per heavy atom. The molecule has 1 unspecified atom stereocenters. The lowest BCUT2D eigenvalue weighted by Gasteiger charge is -2.20. The number of hydrogen-bond donors (Lipinski definition) is 2. The van der Waals surface area contributed by atoms with Gasteiger partial charge in [-0.2, -0.15) is 0 Å². The first-order chi connectivity index (χ1) is 11.0. The Morgan fingerprint density at radius 2 is 2.17 bits per heavy atom. The van der Waals surface area contributed by atoms with E-state index >= 15 is 0 Å². The molecule has 1 aliphatic carbocycles. The van der Waals surface area contributed by atoms with Crippen LogP contribution in [-0.2, 0) is 11.3 Å². The van der Waals surface area contributed by atoms with Gasteiger partial charge >= 0.3 is 0 Å². The average molecular weight is 355 g/mol. The molecule has 1 aliphatic rings. The van der Waals surface area contributed by atoms with Crippen molar-refractivity contribution < 1.29 is 9.53 Å². The standard InChI is InChI=1S/C19H30N2O2.ClH/c1-4-14(3)23-18-10-13(2)8-9-16(18)12-21-19(22)17-7-5-6-15(17)11-20;/h8-10,14-15,17H,4-7,11-12,20H2,1-3H3,(H,21,22);1H/t14?,15-,17-;/m1./s1. The number of carbonyl (C=O) groups is 1. The molecule has 5 heteroatoms. The van der Waals surface area contributed by atoms with Crippen LogP contribution in [0, 0.1) is 18.8 Å². The Hall–Kier alpha value is -1.26. The highest BCUT2D eigenvalue weighted by atomic mass is 35.5. The van der Waals surface area contributed by atoms with Crippen LogP contribution < -0.4 is 15.8 Å². The molecule has 24 heavy (non-hydrogen) atoms. The molecule has 3 N–H and O–H groups in total. The molecule has 1 amide bonds. The summed E-state index contributed by atoms with van der Waals surface area (Å²) in [4.78, 5) is 12.4. The Balaban J connectivity index is 0.00000288. The highest BCUT2D eigenvalue weighted by molar-refractivity contribution is 5.85. The van der Waals surface area contributed by atoms with Crippen molar-refractivity contribution in [1.82, 2.24) is 5.32 Å². The second kappa shape index (κ2) is 9.90. The van der Waals surface area contributed by atoms with Gasteiger partial charge < -0.3 is 15.8 Å². The number of rotatable bonds is 7. The molecule has 1 fully saturated rings. The van der Waals surface area contributed by atoms with Crippen molar-refractivity contribution in [1.29, 1.82) is 0 Å². The van der Waals surface area contributed by atoms with Crippen LogP contribution in [0.2, 0.25) is 0 Å². The summed E-state index contributed by atoms with van der Waals surface area (Å²) in [5, 5.41) is 3.08. The lowest BCUT2D eigenvalue weighted by molar-refractivity contribution is -0.126. The third-order valence-corrected chi connectivity index (χ3v) is 4.88. The maximum atomic E-state index is 12.4. The van der Waals surface area contributed by atoms with Gasteiger partial charge in [-0.1, -0.05) is 25.5 Å². The molecular weight excluding hydrogens is 324 g/mol. The van der Waals surface area contributed by atoms with Crippen molar-refractivity contribution in [3.05, 3.63) is 29.3 Å². The van der Waals surface area contributed by atoms with Crippen molar-refractivity contribution in [3.63, 3.8) is 0 Å². The average Bonchev–Trinajstić information content (AvgIpc) is 3.02. The summed E-state index contributed by atoms with van der Waals surface area (Å²) < 4.78 is 6.00. The van der Waals surface area contributed by atoms with Gasteiger partial charge in [-0.05, 0) is 57.2 Å². The summed E-state index contributed by atoms with van der Waals surface area (Å²) in [6.45, 7) is 7.34. The van der Waals surface area contributed by atoms with Gasteiger partial charge in [0, 0.05) is 18.0 Å². The molecule has 0 bridgehead atoms. The quantitative estimate of drug-likeness (QED) is 0.786. The van der Waals surface area contributed by atoms with Crippen LogP contribution in [0.5, 0.6) is 5.75 Å². The first kappa shape index (κ1) is 20.8. The van der Waals surface area contributed by atoms with E-state index in [-0.39, 0.29) is 30.3 Å². The van der Waals surface area contributed by atoms with E-state index in [0.29, 0.717) is 19.0 Å². The smallest absolute Gasteiger partial charge is 0.223 e. The van der Waals surface area contributed by atoms with E-state index in [4.69, 9.17) is 10.5 Å². The van der Waals surface area contributed by atoms with Gasteiger partial charge in [-0.25, -0.2) is 0 Å². The molecule has 1 saturated carbocycles. The second-order valence-electron chi connectivity index (χ2n) is 6.70. The molecule has 1 aromatic carbocycles. The van der Waals surface area contributed by atoms with E-state index in [9.17, 15) is 4.79 Å². The predicted octanol–water partition coefficient (Wildman–Crippen LogP) is 3.59. The van der Waals surface area contributed by atoms with E-state index in [0.717, 1.165) is 42.6 Å². The van der Waals surface area contributed by atoms with Crippen LogP contribution in [0.1, 0.15) is 50.7 Å². The van der Waals surface area contributed by atoms with E-state index in [1.165, 1.54) is 0 Å². The minimum Gasteiger partial charge on any atom is -0.490 e. The van der Waals surface area contributed by atoms with Crippen molar-refractivity contribution in [2.45, 2.75) is 59.1 Å².